The summed E-state index contributed by atoms with van der Waals surface area (Å²) in [6.07, 6.45) is -0.153. The van der Waals surface area contributed by atoms with Crippen LogP contribution in [0, 0.1) is 23.1 Å². The fourth-order valence-electron chi connectivity index (χ4n) is 2.80. The predicted molar refractivity (Wildman–Crippen MR) is 88.6 cm³/mol. The number of carbonyl (C=O) groups is 1. The smallest absolute Gasteiger partial charge is 0.236 e. The molecule has 1 aliphatic heterocycles. The normalized spacial score (nSPS) is 19.5. The van der Waals surface area contributed by atoms with E-state index in [1.165, 1.54) is 12.1 Å². The van der Waals surface area contributed by atoms with Gasteiger partial charge in [-0.25, -0.2) is 4.39 Å². The number of halogens is 1. The van der Waals surface area contributed by atoms with Crippen LogP contribution in [-0.2, 0) is 9.53 Å². The van der Waals surface area contributed by atoms with Crippen LogP contribution in [0.3, 0.4) is 0 Å². The van der Waals surface area contributed by atoms with Crippen molar-refractivity contribution >= 4 is 5.91 Å². The maximum absolute atomic E-state index is 13.0. The van der Waals surface area contributed by atoms with Gasteiger partial charge in [0.05, 0.1) is 31.2 Å². The predicted octanol–water partition coefficient (Wildman–Crippen LogP) is 2.21. The number of hydrogen-bond acceptors (Lipinski definition) is 4. The summed E-state index contributed by atoms with van der Waals surface area (Å²) >= 11 is 0. The quantitative estimate of drug-likeness (QED) is 0.801. The zero-order valence-electron chi connectivity index (χ0n) is 14.2. The molecular weight excluding hydrogens is 309 g/mol. The molecule has 1 saturated heterocycles. The van der Waals surface area contributed by atoms with Crippen LogP contribution in [0.1, 0.15) is 25.5 Å². The average Bonchev–Trinajstić information content (AvgIpc) is 2.60. The van der Waals surface area contributed by atoms with Gasteiger partial charge in [0.25, 0.3) is 0 Å². The number of ether oxygens (including phenoxy) is 1. The van der Waals surface area contributed by atoms with Crippen LogP contribution in [0.5, 0.6) is 0 Å². The Hall–Kier alpha value is -1.97. The molecule has 1 aromatic carbocycles. The van der Waals surface area contributed by atoms with Crippen molar-refractivity contribution in [3.63, 3.8) is 0 Å². The second-order valence-corrected chi connectivity index (χ2v) is 6.11. The van der Waals surface area contributed by atoms with Crippen molar-refractivity contribution in [3.8, 4) is 6.07 Å². The first-order chi connectivity index (χ1) is 11.5. The molecule has 6 heteroatoms. The number of nitriles is 1. The van der Waals surface area contributed by atoms with E-state index in [2.05, 4.69) is 11.0 Å². The molecule has 2 rings (SSSR count). The molecule has 0 aromatic heterocycles. The van der Waals surface area contributed by atoms with Gasteiger partial charge in [0, 0.05) is 26.2 Å². The molecule has 5 nitrogen and oxygen atoms in total. The summed E-state index contributed by atoms with van der Waals surface area (Å²) < 4.78 is 18.8. The summed E-state index contributed by atoms with van der Waals surface area (Å²) in [4.78, 5) is 16.2. The fraction of sp³-hybridized carbons (Fsp3) is 0.556. The van der Waals surface area contributed by atoms with Crippen LogP contribution in [0.15, 0.2) is 24.3 Å². The first-order valence-electron chi connectivity index (χ1n) is 8.30. The summed E-state index contributed by atoms with van der Waals surface area (Å²) in [5, 5.41) is 8.92. The van der Waals surface area contributed by atoms with Crippen LogP contribution < -0.4 is 0 Å². The fourth-order valence-corrected chi connectivity index (χ4v) is 2.80. The van der Waals surface area contributed by atoms with Gasteiger partial charge >= 0.3 is 0 Å². The maximum Gasteiger partial charge on any atom is 0.236 e. The minimum absolute atomic E-state index is 0.0272. The molecule has 0 radical (unpaired) electrons. The standard InChI is InChI=1S/C18H24FN3O2/c1-3-22(11-14(2)10-20)18(23)13-21-8-9-24-17(12-21)15-4-6-16(19)7-5-15/h4-7,14,17H,3,8-9,11-13H2,1-2H3/t14-,17+/m0/s1. The lowest BCUT2D eigenvalue weighted by Crippen LogP contribution is -2.46. The first kappa shape index (κ1) is 18.4. The highest BCUT2D eigenvalue weighted by molar-refractivity contribution is 5.78. The van der Waals surface area contributed by atoms with Gasteiger partial charge < -0.3 is 9.64 Å². The molecule has 1 heterocycles. The summed E-state index contributed by atoms with van der Waals surface area (Å²) in [5.41, 5.74) is 0.916. The Balaban J connectivity index is 1.93. The van der Waals surface area contributed by atoms with Gasteiger partial charge in [-0.3, -0.25) is 9.69 Å². The Morgan fingerprint density at radius 2 is 2.21 bits per heavy atom. The van der Waals surface area contributed by atoms with Crippen molar-refractivity contribution in [2.24, 2.45) is 5.92 Å². The van der Waals surface area contributed by atoms with E-state index in [9.17, 15) is 9.18 Å². The third-order valence-electron chi connectivity index (χ3n) is 4.20. The highest BCUT2D eigenvalue weighted by Crippen LogP contribution is 2.22. The number of rotatable bonds is 6. The molecule has 1 aromatic rings. The van der Waals surface area contributed by atoms with Crippen molar-refractivity contribution < 1.29 is 13.9 Å². The molecule has 1 fully saturated rings. The zero-order chi connectivity index (χ0) is 17.5. The number of amides is 1. The van der Waals surface area contributed by atoms with Crippen LogP contribution >= 0.6 is 0 Å². The molecule has 0 aliphatic carbocycles. The van der Waals surface area contributed by atoms with Crippen molar-refractivity contribution in [3.05, 3.63) is 35.6 Å². The molecule has 2 atom stereocenters. The molecule has 1 aliphatic rings. The Morgan fingerprint density at radius 3 is 2.83 bits per heavy atom. The molecule has 1 amide bonds. The van der Waals surface area contributed by atoms with Gasteiger partial charge in [0.2, 0.25) is 5.91 Å². The monoisotopic (exact) mass is 333 g/mol. The van der Waals surface area contributed by atoms with Gasteiger partial charge in [0.15, 0.2) is 0 Å². The number of likely N-dealkylation sites (N-methyl/N-ethyl adjacent to an activating group) is 1. The topological polar surface area (TPSA) is 56.6 Å². The number of carbonyl (C=O) groups excluding carboxylic acids is 1. The molecule has 0 unspecified atom stereocenters. The van der Waals surface area contributed by atoms with Gasteiger partial charge in [-0.2, -0.15) is 5.26 Å². The largest absolute Gasteiger partial charge is 0.371 e. The van der Waals surface area contributed by atoms with E-state index in [4.69, 9.17) is 10.00 Å². The van der Waals surface area contributed by atoms with Gasteiger partial charge in [-0.05, 0) is 31.5 Å². The SMILES string of the molecule is CCN(C[C@@H](C)C#N)C(=O)CN1CCO[C@@H](c2ccc(F)cc2)C1. The minimum atomic E-state index is -0.271. The summed E-state index contributed by atoms with van der Waals surface area (Å²) in [7, 11) is 0. The third kappa shape index (κ3) is 5.02. The van der Waals surface area contributed by atoms with E-state index >= 15 is 0 Å². The Bertz CT molecular complexity index is 585. The number of nitrogens with zero attached hydrogens (tertiary/aromatic N) is 3. The Kier molecular flexibility index (Phi) is 6.71. The lowest BCUT2D eigenvalue weighted by molar-refractivity contribution is -0.134. The van der Waals surface area contributed by atoms with E-state index in [-0.39, 0.29) is 23.7 Å². The Morgan fingerprint density at radius 1 is 1.50 bits per heavy atom. The molecule has 24 heavy (non-hydrogen) atoms. The second-order valence-electron chi connectivity index (χ2n) is 6.11. The average molecular weight is 333 g/mol. The number of hydrogen-bond donors (Lipinski definition) is 0. The van der Waals surface area contributed by atoms with E-state index in [1.54, 1.807) is 17.0 Å². The third-order valence-corrected chi connectivity index (χ3v) is 4.20. The van der Waals surface area contributed by atoms with Gasteiger partial charge in [-0.15, -0.1) is 0 Å². The highest BCUT2D eigenvalue weighted by Gasteiger charge is 2.25. The molecule has 0 spiro atoms. The molecule has 0 saturated carbocycles. The molecular formula is C18H24FN3O2. The van der Waals surface area contributed by atoms with Crippen molar-refractivity contribution in [1.29, 1.82) is 5.26 Å². The highest BCUT2D eigenvalue weighted by atomic mass is 19.1. The van der Waals surface area contributed by atoms with E-state index in [0.29, 0.717) is 39.3 Å². The Labute approximate surface area is 142 Å². The van der Waals surface area contributed by atoms with Crippen LogP contribution in [-0.4, -0.2) is 55.0 Å². The van der Waals surface area contributed by atoms with Crippen molar-refractivity contribution in [2.75, 3.05) is 39.3 Å². The van der Waals surface area contributed by atoms with Crippen LogP contribution in [0.2, 0.25) is 0 Å². The summed E-state index contributed by atoms with van der Waals surface area (Å²) in [6, 6.07) is 8.45. The van der Waals surface area contributed by atoms with E-state index in [0.717, 1.165) is 5.56 Å². The minimum Gasteiger partial charge on any atom is -0.371 e. The summed E-state index contributed by atoms with van der Waals surface area (Å²) in [5.74, 6) is -0.420. The lowest BCUT2D eigenvalue weighted by Gasteiger charge is -2.34. The molecule has 0 bridgehead atoms. The van der Waals surface area contributed by atoms with Gasteiger partial charge in [0.1, 0.15) is 5.82 Å². The zero-order valence-corrected chi connectivity index (χ0v) is 14.2. The molecule has 0 N–H and O–H groups in total. The summed E-state index contributed by atoms with van der Waals surface area (Å²) in [6.45, 7) is 6.92. The van der Waals surface area contributed by atoms with Crippen LogP contribution in [0.4, 0.5) is 4.39 Å². The van der Waals surface area contributed by atoms with Crippen molar-refractivity contribution in [2.45, 2.75) is 20.0 Å². The van der Waals surface area contributed by atoms with E-state index in [1.807, 2.05) is 13.8 Å². The number of morpholine rings is 1. The molecule has 130 valence electrons. The lowest BCUT2D eigenvalue weighted by atomic mass is 10.1. The first-order valence-corrected chi connectivity index (χ1v) is 8.30. The second kappa shape index (κ2) is 8.76. The maximum atomic E-state index is 13.0. The van der Waals surface area contributed by atoms with E-state index < -0.39 is 0 Å². The number of benzene rings is 1. The van der Waals surface area contributed by atoms with Crippen molar-refractivity contribution in [1.82, 2.24) is 9.80 Å². The van der Waals surface area contributed by atoms with Gasteiger partial charge in [-0.1, -0.05) is 12.1 Å². The van der Waals surface area contributed by atoms with Crippen LogP contribution in [0.25, 0.3) is 0 Å².